The van der Waals surface area contributed by atoms with E-state index in [2.05, 4.69) is 12.1 Å². The lowest BCUT2D eigenvalue weighted by Gasteiger charge is -2.16. The van der Waals surface area contributed by atoms with Gasteiger partial charge < -0.3 is 9.47 Å². The van der Waals surface area contributed by atoms with E-state index in [-0.39, 0.29) is 13.2 Å². The van der Waals surface area contributed by atoms with Gasteiger partial charge >= 0.3 is 11.9 Å². The van der Waals surface area contributed by atoms with Gasteiger partial charge in [-0.3, -0.25) is 0 Å². The number of ether oxygens (including phenoxy) is 2. The molecule has 4 aromatic rings. The molecule has 0 unspecified atom stereocenters. The van der Waals surface area contributed by atoms with Crippen molar-refractivity contribution in [3.8, 4) is 11.1 Å². The highest BCUT2D eigenvalue weighted by molar-refractivity contribution is 6.31. The number of hydrogen-bond donors (Lipinski definition) is 0. The quantitative estimate of drug-likeness (QED) is 0.229. The number of benzene rings is 4. The zero-order valence-corrected chi connectivity index (χ0v) is 20.1. The van der Waals surface area contributed by atoms with Crippen molar-refractivity contribution in [1.29, 1.82) is 0 Å². The van der Waals surface area contributed by atoms with Crippen molar-refractivity contribution >= 4 is 35.1 Å². The van der Waals surface area contributed by atoms with E-state index < -0.39 is 11.9 Å². The van der Waals surface area contributed by atoms with Gasteiger partial charge in [-0.05, 0) is 70.6 Å². The maximum absolute atomic E-state index is 12.7. The van der Waals surface area contributed by atoms with Crippen molar-refractivity contribution < 1.29 is 19.1 Å². The Morgan fingerprint density at radius 2 is 1.31 bits per heavy atom. The second-order valence-corrected chi connectivity index (χ2v) is 9.11. The third-order valence-corrected chi connectivity index (χ3v) is 6.50. The molecule has 0 amide bonds. The minimum absolute atomic E-state index is 0.0407. The zero-order valence-electron chi connectivity index (χ0n) is 18.6. The summed E-state index contributed by atoms with van der Waals surface area (Å²) in [5, 5.41) is 0.924. The standard InChI is InChI=1S/C29H20Cl2O4/c30-22-8-3-6-19(13-22)28(32)34-16-21-11-12-25-24-10-2-1-5-18(24)15-26(25)27(21)17-35-29(33)20-7-4-9-23(31)14-20/h1-14H,15-17H2. The average molecular weight is 503 g/mol. The molecule has 0 aliphatic heterocycles. The number of fused-ring (bicyclic) bond motifs is 3. The summed E-state index contributed by atoms with van der Waals surface area (Å²) in [6.07, 6.45) is 0.714. The molecule has 0 bridgehead atoms. The SMILES string of the molecule is O=C(OCc1ccc2c(c1COC(=O)c1cccc(Cl)c1)Cc1ccccc1-2)c1cccc(Cl)c1. The lowest BCUT2D eigenvalue weighted by molar-refractivity contribution is 0.0435. The molecule has 1 aliphatic rings. The first-order valence-corrected chi connectivity index (χ1v) is 11.8. The van der Waals surface area contributed by atoms with Gasteiger partial charge in [-0.15, -0.1) is 0 Å². The first kappa shape index (κ1) is 23.2. The van der Waals surface area contributed by atoms with Crippen molar-refractivity contribution in [1.82, 2.24) is 0 Å². The fraction of sp³-hybridized carbons (Fsp3) is 0.103. The molecule has 0 fully saturated rings. The molecule has 0 spiro atoms. The normalized spacial score (nSPS) is 11.5. The second-order valence-electron chi connectivity index (χ2n) is 8.24. The Hall–Kier alpha value is -3.60. The summed E-state index contributed by atoms with van der Waals surface area (Å²) in [5.74, 6) is -0.944. The van der Waals surface area contributed by atoms with E-state index in [0.29, 0.717) is 27.6 Å². The smallest absolute Gasteiger partial charge is 0.338 e. The van der Waals surface area contributed by atoms with Crippen LogP contribution in [0.25, 0.3) is 11.1 Å². The van der Waals surface area contributed by atoms with Crippen LogP contribution in [0.5, 0.6) is 0 Å². The molecule has 4 aromatic carbocycles. The van der Waals surface area contributed by atoms with Crippen LogP contribution >= 0.6 is 23.2 Å². The van der Waals surface area contributed by atoms with E-state index in [9.17, 15) is 9.59 Å². The summed E-state index contributed by atoms with van der Waals surface area (Å²) in [6.45, 7) is 0.0889. The number of carbonyl (C=O) groups is 2. The molecular weight excluding hydrogens is 483 g/mol. The highest BCUT2D eigenvalue weighted by Crippen LogP contribution is 2.40. The summed E-state index contributed by atoms with van der Waals surface area (Å²) < 4.78 is 11.3. The molecule has 0 saturated heterocycles. The third-order valence-electron chi connectivity index (χ3n) is 6.03. The molecule has 0 heterocycles. The van der Waals surface area contributed by atoms with E-state index in [0.717, 1.165) is 27.8 Å². The van der Waals surface area contributed by atoms with Crippen LogP contribution in [-0.2, 0) is 29.1 Å². The Kier molecular flexibility index (Phi) is 6.58. The van der Waals surface area contributed by atoms with Gasteiger partial charge in [0.15, 0.2) is 0 Å². The van der Waals surface area contributed by atoms with Crippen LogP contribution in [0, 0.1) is 0 Å². The molecule has 0 aromatic heterocycles. The van der Waals surface area contributed by atoms with Crippen LogP contribution in [0.15, 0.2) is 84.9 Å². The van der Waals surface area contributed by atoms with Crippen LogP contribution in [-0.4, -0.2) is 11.9 Å². The van der Waals surface area contributed by atoms with Crippen molar-refractivity contribution in [3.63, 3.8) is 0 Å². The van der Waals surface area contributed by atoms with Crippen molar-refractivity contribution in [2.75, 3.05) is 0 Å². The Bertz CT molecular complexity index is 1440. The fourth-order valence-electron chi connectivity index (χ4n) is 4.32. The predicted octanol–water partition coefficient (Wildman–Crippen LogP) is 7.28. The topological polar surface area (TPSA) is 52.6 Å². The number of halogens is 2. The molecule has 6 heteroatoms. The van der Waals surface area contributed by atoms with E-state index >= 15 is 0 Å². The Balaban J connectivity index is 1.42. The first-order valence-electron chi connectivity index (χ1n) is 11.1. The molecule has 1 aliphatic carbocycles. The molecule has 35 heavy (non-hydrogen) atoms. The number of carbonyl (C=O) groups excluding carboxylic acids is 2. The van der Waals surface area contributed by atoms with Crippen molar-refractivity contribution in [2.24, 2.45) is 0 Å². The first-order chi connectivity index (χ1) is 17.0. The van der Waals surface area contributed by atoms with Gasteiger partial charge in [0.25, 0.3) is 0 Å². The van der Waals surface area contributed by atoms with Gasteiger partial charge in [-0.25, -0.2) is 9.59 Å². The highest BCUT2D eigenvalue weighted by Gasteiger charge is 2.24. The summed E-state index contributed by atoms with van der Waals surface area (Å²) in [7, 11) is 0. The van der Waals surface area contributed by atoms with Gasteiger partial charge in [-0.1, -0.05) is 71.7 Å². The van der Waals surface area contributed by atoms with Gasteiger partial charge in [-0.2, -0.15) is 0 Å². The van der Waals surface area contributed by atoms with E-state index in [4.69, 9.17) is 32.7 Å². The lowest BCUT2D eigenvalue weighted by atomic mass is 9.96. The minimum Gasteiger partial charge on any atom is -0.457 e. The van der Waals surface area contributed by atoms with E-state index in [1.807, 2.05) is 24.3 Å². The van der Waals surface area contributed by atoms with Crippen LogP contribution in [0.1, 0.15) is 43.0 Å². The Labute approximate surface area is 213 Å². The molecule has 174 valence electrons. The molecule has 0 saturated carbocycles. The van der Waals surface area contributed by atoms with Crippen LogP contribution < -0.4 is 0 Å². The molecule has 5 rings (SSSR count). The average Bonchev–Trinajstić information content (AvgIpc) is 3.25. The van der Waals surface area contributed by atoms with Crippen LogP contribution in [0.3, 0.4) is 0 Å². The Morgan fingerprint density at radius 1 is 0.686 bits per heavy atom. The molecular formula is C29H20Cl2O4. The predicted molar refractivity (Wildman–Crippen MR) is 136 cm³/mol. The second kappa shape index (κ2) is 9.95. The molecule has 0 atom stereocenters. The molecule has 0 radical (unpaired) electrons. The largest absolute Gasteiger partial charge is 0.457 e. The van der Waals surface area contributed by atoms with E-state index in [1.165, 1.54) is 5.56 Å². The fourth-order valence-corrected chi connectivity index (χ4v) is 4.70. The maximum Gasteiger partial charge on any atom is 0.338 e. The lowest BCUT2D eigenvalue weighted by Crippen LogP contribution is -2.11. The van der Waals surface area contributed by atoms with E-state index in [1.54, 1.807) is 48.5 Å². The maximum atomic E-state index is 12.7. The molecule has 4 nitrogen and oxygen atoms in total. The van der Waals surface area contributed by atoms with Crippen LogP contribution in [0.4, 0.5) is 0 Å². The van der Waals surface area contributed by atoms with Gasteiger partial charge in [0, 0.05) is 15.6 Å². The van der Waals surface area contributed by atoms with Crippen molar-refractivity contribution in [3.05, 3.63) is 128 Å². The van der Waals surface area contributed by atoms with Gasteiger partial charge in [0.05, 0.1) is 11.1 Å². The summed E-state index contributed by atoms with van der Waals surface area (Å²) in [5.41, 5.74) is 6.91. The Morgan fingerprint density at radius 3 is 1.97 bits per heavy atom. The minimum atomic E-state index is -0.474. The van der Waals surface area contributed by atoms with Gasteiger partial charge in [0.1, 0.15) is 13.2 Å². The summed E-state index contributed by atoms with van der Waals surface area (Å²) >= 11 is 12.0. The highest BCUT2D eigenvalue weighted by atomic mass is 35.5. The van der Waals surface area contributed by atoms with Gasteiger partial charge in [0.2, 0.25) is 0 Å². The number of rotatable bonds is 6. The summed E-state index contributed by atoms with van der Waals surface area (Å²) in [4.78, 5) is 25.3. The zero-order chi connectivity index (χ0) is 24.4. The third kappa shape index (κ3) is 4.95. The molecule has 0 N–H and O–H groups in total. The number of esters is 2. The van der Waals surface area contributed by atoms with Crippen molar-refractivity contribution in [2.45, 2.75) is 19.6 Å². The number of hydrogen-bond acceptors (Lipinski definition) is 4. The summed E-state index contributed by atoms with van der Waals surface area (Å²) in [6, 6.07) is 25.4. The monoisotopic (exact) mass is 502 g/mol. The van der Waals surface area contributed by atoms with Crippen LogP contribution in [0.2, 0.25) is 10.0 Å².